The number of carbonyl (C=O) groups is 2. The van der Waals surface area contributed by atoms with Gasteiger partial charge in [-0.2, -0.15) is 4.98 Å². The monoisotopic (exact) mass is 494 g/mol. The zero-order valence-electron chi connectivity index (χ0n) is 20.0. The van der Waals surface area contributed by atoms with E-state index in [9.17, 15) is 14.4 Å². The number of hydrogen-bond donors (Lipinski definition) is 2. The zero-order chi connectivity index (χ0) is 24.5. The van der Waals surface area contributed by atoms with Crippen LogP contribution in [0, 0.1) is 5.92 Å². The van der Waals surface area contributed by atoms with Gasteiger partial charge in [-0.25, -0.2) is 4.98 Å². The number of benzene rings is 1. The van der Waals surface area contributed by atoms with Gasteiger partial charge in [0.05, 0.1) is 5.92 Å². The number of hydrogen-bond acceptors (Lipinski definition) is 7. The van der Waals surface area contributed by atoms with Gasteiger partial charge < -0.3 is 15.5 Å². The lowest BCUT2D eigenvalue weighted by molar-refractivity contribution is -0.125. The molecule has 9 nitrogen and oxygen atoms in total. The van der Waals surface area contributed by atoms with Crippen molar-refractivity contribution in [2.75, 3.05) is 23.3 Å². The highest BCUT2D eigenvalue weighted by Gasteiger charge is 2.28. The van der Waals surface area contributed by atoms with Crippen LogP contribution in [0.1, 0.15) is 44.2 Å². The third kappa shape index (κ3) is 5.07. The van der Waals surface area contributed by atoms with Gasteiger partial charge in [-0.15, -0.1) is 0 Å². The highest BCUT2D eigenvalue weighted by Crippen LogP contribution is 2.29. The fourth-order valence-corrected chi connectivity index (χ4v) is 5.86. The predicted octanol–water partition coefficient (Wildman–Crippen LogP) is 2.72. The summed E-state index contributed by atoms with van der Waals surface area (Å²) in [7, 11) is 0. The van der Waals surface area contributed by atoms with Gasteiger partial charge in [0.1, 0.15) is 17.6 Å². The summed E-state index contributed by atoms with van der Waals surface area (Å²) in [5.41, 5.74) is 3.46. The maximum absolute atomic E-state index is 13.1. The number of fused-ring (bicyclic) bond motifs is 2. The average Bonchev–Trinajstić information content (AvgIpc) is 3.48. The Morgan fingerprint density at radius 1 is 1.20 bits per heavy atom. The third-order valence-corrected chi connectivity index (χ3v) is 7.66. The zero-order valence-corrected chi connectivity index (χ0v) is 20.9. The van der Waals surface area contributed by atoms with E-state index in [1.54, 1.807) is 0 Å². The fraction of sp³-hybridized carbons (Fsp3) is 0.480. The third-order valence-electron chi connectivity index (χ3n) is 6.56. The van der Waals surface area contributed by atoms with Crippen molar-refractivity contribution >= 4 is 44.3 Å². The first kappa shape index (κ1) is 23.5. The Balaban J connectivity index is 1.29. The standard InChI is InChI=1S/C25H30N6O3S/c1-15(2)27-23(33)18-7-4-10-30(12-18)25-29-22-21(35-25)24(34)31(14-26-22)13-20(32)28-19-9-8-16-5-3-6-17(16)11-19/h8-9,11,14-15,18H,3-7,10,12-13H2,1-2H3,(H,27,33)(H,28,32). The van der Waals surface area contributed by atoms with Crippen LogP contribution in [0.4, 0.5) is 10.8 Å². The Morgan fingerprint density at radius 3 is 2.86 bits per heavy atom. The molecule has 0 saturated carbocycles. The van der Waals surface area contributed by atoms with Gasteiger partial charge in [0.2, 0.25) is 11.8 Å². The molecule has 35 heavy (non-hydrogen) atoms. The maximum Gasteiger partial charge on any atom is 0.273 e. The first-order valence-corrected chi connectivity index (χ1v) is 13.0. The topological polar surface area (TPSA) is 109 Å². The van der Waals surface area contributed by atoms with Crippen LogP contribution in [0.2, 0.25) is 0 Å². The molecule has 0 spiro atoms. The minimum absolute atomic E-state index is 0.0562. The van der Waals surface area contributed by atoms with Gasteiger partial charge in [-0.1, -0.05) is 17.4 Å². The number of nitrogens with zero attached hydrogens (tertiary/aromatic N) is 4. The number of aryl methyl sites for hydroxylation is 2. The molecular weight excluding hydrogens is 464 g/mol. The second kappa shape index (κ2) is 9.77. The smallest absolute Gasteiger partial charge is 0.273 e. The van der Waals surface area contributed by atoms with E-state index in [-0.39, 0.29) is 35.9 Å². The molecule has 2 aliphatic rings. The largest absolute Gasteiger partial charge is 0.354 e. The summed E-state index contributed by atoms with van der Waals surface area (Å²) < 4.78 is 1.74. The van der Waals surface area contributed by atoms with E-state index < -0.39 is 0 Å². The van der Waals surface area contributed by atoms with Gasteiger partial charge in [0.25, 0.3) is 5.56 Å². The van der Waals surface area contributed by atoms with Gasteiger partial charge in [0.15, 0.2) is 10.8 Å². The van der Waals surface area contributed by atoms with E-state index in [0.717, 1.165) is 44.3 Å². The molecule has 1 aromatic carbocycles. The van der Waals surface area contributed by atoms with Crippen molar-refractivity contribution in [1.82, 2.24) is 19.9 Å². The molecule has 2 N–H and O–H groups in total. The van der Waals surface area contributed by atoms with Crippen LogP contribution in [-0.4, -0.2) is 45.5 Å². The molecule has 1 atom stereocenters. The molecule has 3 aromatic rings. The highest BCUT2D eigenvalue weighted by atomic mass is 32.1. The molecule has 184 valence electrons. The second-order valence-corrected chi connectivity index (χ2v) is 10.6. The summed E-state index contributed by atoms with van der Waals surface area (Å²) in [5.74, 6) is -0.322. The Kier molecular flexibility index (Phi) is 6.55. The molecular formula is C25H30N6O3S. The SMILES string of the molecule is CC(C)NC(=O)C1CCCN(c2nc3ncn(CC(=O)Nc4ccc5c(c4)CCC5)c(=O)c3s2)C1. The van der Waals surface area contributed by atoms with Gasteiger partial charge in [-0.05, 0) is 69.2 Å². The van der Waals surface area contributed by atoms with E-state index >= 15 is 0 Å². The van der Waals surface area contributed by atoms with E-state index in [1.165, 1.54) is 33.4 Å². The molecule has 5 rings (SSSR count). The summed E-state index contributed by atoms with van der Waals surface area (Å²) in [6.45, 7) is 5.13. The molecule has 1 aliphatic carbocycles. The van der Waals surface area contributed by atoms with Crippen molar-refractivity contribution in [3.8, 4) is 0 Å². The van der Waals surface area contributed by atoms with Crippen LogP contribution in [0.25, 0.3) is 10.3 Å². The average molecular weight is 495 g/mol. The van der Waals surface area contributed by atoms with E-state index in [1.807, 2.05) is 26.0 Å². The first-order valence-electron chi connectivity index (χ1n) is 12.2. The second-order valence-electron chi connectivity index (χ2n) is 9.66. The quantitative estimate of drug-likeness (QED) is 0.545. The molecule has 1 unspecified atom stereocenters. The Morgan fingerprint density at radius 2 is 2.03 bits per heavy atom. The summed E-state index contributed by atoms with van der Waals surface area (Å²) in [6.07, 6.45) is 6.37. The van der Waals surface area contributed by atoms with Crippen LogP contribution in [0.15, 0.2) is 29.3 Å². The van der Waals surface area contributed by atoms with Gasteiger partial charge >= 0.3 is 0 Å². The van der Waals surface area contributed by atoms with Gasteiger partial charge in [0, 0.05) is 24.8 Å². The van der Waals surface area contributed by atoms with Crippen LogP contribution in [0.3, 0.4) is 0 Å². The molecule has 2 aromatic heterocycles. The lowest BCUT2D eigenvalue weighted by Gasteiger charge is -2.32. The van der Waals surface area contributed by atoms with Crippen molar-refractivity contribution in [3.63, 3.8) is 0 Å². The maximum atomic E-state index is 13.1. The van der Waals surface area contributed by atoms with Gasteiger partial charge in [-0.3, -0.25) is 19.0 Å². The molecule has 1 saturated heterocycles. The number of piperidine rings is 1. The van der Waals surface area contributed by atoms with Crippen molar-refractivity contribution in [2.24, 2.45) is 5.92 Å². The van der Waals surface area contributed by atoms with Crippen LogP contribution < -0.4 is 21.1 Å². The Hall–Kier alpha value is -3.27. The van der Waals surface area contributed by atoms with Crippen LogP contribution in [-0.2, 0) is 29.0 Å². The molecule has 1 aliphatic heterocycles. The van der Waals surface area contributed by atoms with E-state index in [2.05, 4.69) is 31.6 Å². The molecule has 2 amide bonds. The van der Waals surface area contributed by atoms with Crippen LogP contribution >= 0.6 is 11.3 Å². The Bertz CT molecular complexity index is 1330. The van der Waals surface area contributed by atoms with E-state index in [0.29, 0.717) is 22.0 Å². The van der Waals surface area contributed by atoms with Crippen molar-refractivity contribution in [3.05, 3.63) is 46.0 Å². The lowest BCUT2D eigenvalue weighted by Crippen LogP contribution is -2.44. The van der Waals surface area contributed by atoms with Crippen molar-refractivity contribution in [2.45, 2.75) is 58.5 Å². The molecule has 0 radical (unpaired) electrons. The number of carbonyl (C=O) groups excluding carboxylic acids is 2. The number of anilines is 2. The normalized spacial score (nSPS) is 17.6. The first-order chi connectivity index (χ1) is 16.9. The molecule has 3 heterocycles. The minimum Gasteiger partial charge on any atom is -0.354 e. The van der Waals surface area contributed by atoms with Crippen LogP contribution in [0.5, 0.6) is 0 Å². The van der Waals surface area contributed by atoms with Crippen molar-refractivity contribution < 1.29 is 9.59 Å². The number of nitrogens with one attached hydrogen (secondary N) is 2. The highest BCUT2D eigenvalue weighted by molar-refractivity contribution is 7.22. The number of amides is 2. The predicted molar refractivity (Wildman–Crippen MR) is 137 cm³/mol. The minimum atomic E-state index is -0.283. The van der Waals surface area contributed by atoms with Crippen molar-refractivity contribution in [1.29, 1.82) is 0 Å². The summed E-state index contributed by atoms with van der Waals surface area (Å²) in [4.78, 5) is 49.2. The fourth-order valence-electron chi connectivity index (χ4n) is 4.86. The Labute approximate surface area is 207 Å². The summed E-state index contributed by atoms with van der Waals surface area (Å²) in [5, 5.41) is 6.57. The lowest BCUT2D eigenvalue weighted by atomic mass is 9.97. The summed E-state index contributed by atoms with van der Waals surface area (Å²) >= 11 is 1.27. The number of thiazole rings is 1. The summed E-state index contributed by atoms with van der Waals surface area (Å²) in [6, 6.07) is 6.10. The van der Waals surface area contributed by atoms with E-state index in [4.69, 9.17) is 0 Å². The molecule has 0 bridgehead atoms. The molecule has 1 fully saturated rings. The number of aromatic nitrogens is 3. The molecule has 10 heteroatoms. The number of rotatable bonds is 6.